The number of nitrogens with two attached hydrogens (primary N) is 1. The highest BCUT2D eigenvalue weighted by atomic mass is 16.5. The van der Waals surface area contributed by atoms with Gasteiger partial charge in [0.25, 0.3) is 0 Å². The Labute approximate surface area is 100 Å². The van der Waals surface area contributed by atoms with E-state index in [1.54, 1.807) is 0 Å². The molecule has 3 nitrogen and oxygen atoms in total. The Morgan fingerprint density at radius 2 is 2.06 bits per heavy atom. The van der Waals surface area contributed by atoms with Gasteiger partial charge in [-0.05, 0) is 32.2 Å². The number of hydrogen-bond donors (Lipinski definition) is 1. The van der Waals surface area contributed by atoms with Gasteiger partial charge in [-0.1, -0.05) is 20.8 Å². The first-order valence-corrected chi connectivity index (χ1v) is 6.41. The van der Waals surface area contributed by atoms with E-state index in [1.807, 2.05) is 0 Å². The average Bonchev–Trinajstić information content (AvgIpc) is 2.69. The molecule has 0 bridgehead atoms. The van der Waals surface area contributed by atoms with Gasteiger partial charge in [0, 0.05) is 25.2 Å². The van der Waals surface area contributed by atoms with Gasteiger partial charge in [0.1, 0.15) is 0 Å². The summed E-state index contributed by atoms with van der Waals surface area (Å²) in [6.07, 6.45) is 2.67. The van der Waals surface area contributed by atoms with E-state index in [1.165, 1.54) is 6.42 Å². The Balaban J connectivity index is 2.64. The smallest absolute Gasteiger partial charge is 0.0743 e. The summed E-state index contributed by atoms with van der Waals surface area (Å²) in [6.45, 7) is 10.7. The fourth-order valence-corrected chi connectivity index (χ4v) is 2.38. The number of nitrogens with zero attached hydrogens (tertiary/aromatic N) is 1. The summed E-state index contributed by atoms with van der Waals surface area (Å²) in [5, 5.41) is 0. The van der Waals surface area contributed by atoms with Crippen LogP contribution < -0.4 is 5.73 Å². The van der Waals surface area contributed by atoms with Crippen molar-refractivity contribution in [2.75, 3.05) is 20.2 Å². The van der Waals surface area contributed by atoms with E-state index >= 15 is 0 Å². The van der Waals surface area contributed by atoms with E-state index in [9.17, 15) is 0 Å². The molecule has 1 fully saturated rings. The summed E-state index contributed by atoms with van der Waals surface area (Å²) in [4.78, 5) is 2.40. The molecule has 96 valence electrons. The minimum Gasteiger partial charge on any atom is -0.377 e. The zero-order chi connectivity index (χ0) is 12.3. The first-order chi connectivity index (χ1) is 7.38. The quantitative estimate of drug-likeness (QED) is 0.798. The van der Waals surface area contributed by atoms with Crippen molar-refractivity contribution in [1.29, 1.82) is 0 Å². The molecule has 0 aromatic carbocycles. The molecular weight excluding hydrogens is 200 g/mol. The summed E-state index contributed by atoms with van der Waals surface area (Å²) >= 11 is 0. The molecule has 1 aliphatic heterocycles. The molecular formula is C13H28N2O. The predicted molar refractivity (Wildman–Crippen MR) is 68.5 cm³/mol. The van der Waals surface area contributed by atoms with Crippen molar-refractivity contribution < 1.29 is 4.74 Å². The Hall–Kier alpha value is -0.120. The van der Waals surface area contributed by atoms with Crippen LogP contribution in [0, 0.1) is 5.41 Å². The highest BCUT2D eigenvalue weighted by molar-refractivity contribution is 4.88. The van der Waals surface area contributed by atoms with Crippen LogP contribution in [0.25, 0.3) is 0 Å². The van der Waals surface area contributed by atoms with E-state index in [2.05, 4.69) is 39.6 Å². The van der Waals surface area contributed by atoms with Gasteiger partial charge in [-0.15, -0.1) is 0 Å². The molecule has 1 aliphatic rings. The maximum atomic E-state index is 5.91. The number of rotatable bonds is 4. The van der Waals surface area contributed by atoms with Crippen molar-refractivity contribution in [3.05, 3.63) is 0 Å². The lowest BCUT2D eigenvalue weighted by molar-refractivity contribution is 0.00259. The minimum atomic E-state index is 0.279. The van der Waals surface area contributed by atoms with Crippen molar-refractivity contribution in [3.63, 3.8) is 0 Å². The molecule has 0 aromatic heterocycles. The van der Waals surface area contributed by atoms with Crippen LogP contribution >= 0.6 is 0 Å². The second-order valence-corrected chi connectivity index (χ2v) is 6.06. The zero-order valence-electron chi connectivity index (χ0n) is 11.5. The Bertz CT molecular complexity index is 206. The molecule has 0 radical (unpaired) electrons. The van der Waals surface area contributed by atoms with Gasteiger partial charge in [-0.2, -0.15) is 0 Å². The highest BCUT2D eigenvalue weighted by Gasteiger charge is 2.33. The fourth-order valence-electron chi connectivity index (χ4n) is 2.38. The zero-order valence-corrected chi connectivity index (χ0v) is 11.5. The summed E-state index contributed by atoms with van der Waals surface area (Å²) in [7, 11) is 2.18. The Morgan fingerprint density at radius 1 is 1.44 bits per heavy atom. The third-order valence-corrected chi connectivity index (χ3v) is 4.02. The van der Waals surface area contributed by atoms with Gasteiger partial charge in [0.05, 0.1) is 6.10 Å². The van der Waals surface area contributed by atoms with Gasteiger partial charge in [-0.3, -0.25) is 4.90 Å². The van der Waals surface area contributed by atoms with Crippen molar-refractivity contribution in [2.45, 2.75) is 58.7 Å². The highest BCUT2D eigenvalue weighted by Crippen LogP contribution is 2.27. The first-order valence-electron chi connectivity index (χ1n) is 6.41. The summed E-state index contributed by atoms with van der Waals surface area (Å²) in [5.41, 5.74) is 6.19. The average molecular weight is 228 g/mol. The fraction of sp³-hybridized carbons (Fsp3) is 1.00. The normalized spacial score (nSPS) is 26.1. The third kappa shape index (κ3) is 3.19. The molecule has 0 amide bonds. The standard InChI is InChI=1S/C13H28N2O/c1-10(13(2,3)4)15(5)11(9-14)12-7-6-8-16-12/h10-12H,6-9,14H2,1-5H3. The molecule has 3 unspecified atom stereocenters. The molecule has 0 spiro atoms. The molecule has 1 rings (SSSR count). The SMILES string of the molecule is CC(N(C)C(CN)C1CCCO1)C(C)(C)C. The van der Waals surface area contributed by atoms with Crippen LogP contribution in [0.2, 0.25) is 0 Å². The number of ether oxygens (including phenoxy) is 1. The first kappa shape index (κ1) is 13.9. The molecule has 3 heteroatoms. The van der Waals surface area contributed by atoms with Crippen LogP contribution in [0.3, 0.4) is 0 Å². The molecule has 0 saturated carbocycles. The van der Waals surface area contributed by atoms with Crippen molar-refractivity contribution in [1.82, 2.24) is 4.90 Å². The minimum absolute atomic E-state index is 0.279. The lowest BCUT2D eigenvalue weighted by Crippen LogP contribution is -2.53. The Kier molecular flexibility index (Phi) is 4.77. The van der Waals surface area contributed by atoms with Crippen LogP contribution in [-0.4, -0.2) is 43.3 Å². The van der Waals surface area contributed by atoms with E-state index in [0.717, 1.165) is 13.0 Å². The molecule has 16 heavy (non-hydrogen) atoms. The monoisotopic (exact) mass is 228 g/mol. The topological polar surface area (TPSA) is 38.5 Å². The van der Waals surface area contributed by atoms with E-state index in [0.29, 0.717) is 24.7 Å². The number of hydrogen-bond acceptors (Lipinski definition) is 3. The van der Waals surface area contributed by atoms with Crippen LogP contribution in [0.15, 0.2) is 0 Å². The van der Waals surface area contributed by atoms with Gasteiger partial charge in [-0.25, -0.2) is 0 Å². The molecule has 1 saturated heterocycles. The van der Waals surface area contributed by atoms with Crippen molar-refractivity contribution >= 4 is 0 Å². The summed E-state index contributed by atoms with van der Waals surface area (Å²) in [6, 6.07) is 0.863. The summed E-state index contributed by atoms with van der Waals surface area (Å²) < 4.78 is 5.77. The Morgan fingerprint density at radius 3 is 2.44 bits per heavy atom. The molecule has 2 N–H and O–H groups in total. The second-order valence-electron chi connectivity index (χ2n) is 6.06. The van der Waals surface area contributed by atoms with Gasteiger partial charge in [0.2, 0.25) is 0 Å². The summed E-state index contributed by atoms with van der Waals surface area (Å²) in [5.74, 6) is 0. The molecule has 1 heterocycles. The number of likely N-dealkylation sites (N-methyl/N-ethyl adjacent to an activating group) is 1. The predicted octanol–water partition coefficient (Wildman–Crippen LogP) is 1.86. The van der Waals surface area contributed by atoms with Crippen molar-refractivity contribution in [3.8, 4) is 0 Å². The maximum Gasteiger partial charge on any atom is 0.0743 e. The van der Waals surface area contributed by atoms with Crippen LogP contribution in [0.4, 0.5) is 0 Å². The van der Waals surface area contributed by atoms with Crippen LogP contribution in [0.1, 0.15) is 40.5 Å². The molecule has 0 aromatic rings. The second kappa shape index (κ2) is 5.48. The van der Waals surface area contributed by atoms with Crippen LogP contribution in [-0.2, 0) is 4.74 Å². The van der Waals surface area contributed by atoms with Gasteiger partial charge >= 0.3 is 0 Å². The maximum absolute atomic E-state index is 5.91. The van der Waals surface area contributed by atoms with Gasteiger partial charge < -0.3 is 10.5 Å². The van der Waals surface area contributed by atoms with Crippen molar-refractivity contribution in [2.24, 2.45) is 11.1 Å². The van der Waals surface area contributed by atoms with E-state index in [4.69, 9.17) is 10.5 Å². The molecule has 0 aliphatic carbocycles. The van der Waals surface area contributed by atoms with Gasteiger partial charge in [0.15, 0.2) is 0 Å². The lowest BCUT2D eigenvalue weighted by Gasteiger charge is -2.41. The van der Waals surface area contributed by atoms with Crippen LogP contribution in [0.5, 0.6) is 0 Å². The third-order valence-electron chi connectivity index (χ3n) is 4.02. The molecule has 3 atom stereocenters. The van der Waals surface area contributed by atoms with E-state index in [-0.39, 0.29) is 5.41 Å². The largest absolute Gasteiger partial charge is 0.377 e. The lowest BCUT2D eigenvalue weighted by atomic mass is 9.86. The van der Waals surface area contributed by atoms with E-state index < -0.39 is 0 Å².